The van der Waals surface area contributed by atoms with Gasteiger partial charge < -0.3 is 10.1 Å². The van der Waals surface area contributed by atoms with Crippen molar-refractivity contribution < 1.29 is 18.7 Å². The highest BCUT2D eigenvalue weighted by Crippen LogP contribution is 2.55. The molecule has 1 aromatic rings. The second-order valence-corrected chi connectivity index (χ2v) is 8.80. The first-order valence-corrected chi connectivity index (χ1v) is 9.69. The summed E-state index contributed by atoms with van der Waals surface area (Å²) in [5.41, 5.74) is -0.360. The number of hydrogen-bond acceptors (Lipinski definition) is 3. The Morgan fingerprint density at radius 2 is 1.77 bits per heavy atom. The third-order valence-corrected chi connectivity index (χ3v) is 6.47. The first-order valence-electron chi connectivity index (χ1n) is 9.31. The molecule has 0 radical (unpaired) electrons. The number of amides is 1. The Kier molecular flexibility index (Phi) is 4.46. The second-order valence-electron chi connectivity index (χ2n) is 8.36. The van der Waals surface area contributed by atoms with Crippen molar-refractivity contribution in [1.29, 1.82) is 0 Å². The smallest absolute Gasteiger partial charge is 0.341 e. The fraction of sp³-hybridized carbons (Fsp3) is 0.600. The number of rotatable bonds is 4. The van der Waals surface area contributed by atoms with Gasteiger partial charge in [-0.25, -0.2) is 9.18 Å². The van der Waals surface area contributed by atoms with Crippen molar-refractivity contribution >= 4 is 23.5 Å². The van der Waals surface area contributed by atoms with Gasteiger partial charge in [-0.1, -0.05) is 11.6 Å². The molecule has 140 valence electrons. The van der Waals surface area contributed by atoms with Gasteiger partial charge in [0.1, 0.15) is 5.82 Å². The van der Waals surface area contributed by atoms with Gasteiger partial charge >= 0.3 is 5.97 Å². The van der Waals surface area contributed by atoms with Gasteiger partial charge in [0, 0.05) is 10.6 Å². The Bertz CT molecular complexity index is 715. The minimum atomic E-state index is -0.967. The van der Waals surface area contributed by atoms with Gasteiger partial charge in [0.05, 0.1) is 5.56 Å². The SMILES string of the molecule is C[C@H](OC(=O)c1ccc(Cl)cc1F)C(=O)NC12CC3CC(CC(C3)C1)C2. The lowest BCUT2D eigenvalue weighted by atomic mass is 9.53. The molecule has 1 N–H and O–H groups in total. The topological polar surface area (TPSA) is 55.4 Å². The lowest BCUT2D eigenvalue weighted by Crippen LogP contribution is -2.61. The van der Waals surface area contributed by atoms with Crippen molar-refractivity contribution in [1.82, 2.24) is 5.32 Å². The third-order valence-electron chi connectivity index (χ3n) is 6.23. The number of benzene rings is 1. The highest BCUT2D eigenvalue weighted by atomic mass is 35.5. The van der Waals surface area contributed by atoms with Crippen LogP contribution < -0.4 is 5.32 Å². The maximum absolute atomic E-state index is 13.9. The van der Waals surface area contributed by atoms with Crippen LogP contribution in [0.25, 0.3) is 0 Å². The Labute approximate surface area is 157 Å². The fourth-order valence-corrected chi connectivity index (χ4v) is 5.72. The van der Waals surface area contributed by atoms with Crippen LogP contribution in [0.15, 0.2) is 18.2 Å². The molecule has 4 saturated carbocycles. The van der Waals surface area contributed by atoms with Crippen LogP contribution in [0.1, 0.15) is 55.8 Å². The Morgan fingerprint density at radius 3 is 2.31 bits per heavy atom. The van der Waals surface area contributed by atoms with Gasteiger partial charge in [0.15, 0.2) is 6.10 Å². The molecule has 4 nitrogen and oxygen atoms in total. The van der Waals surface area contributed by atoms with Crippen molar-refractivity contribution in [2.24, 2.45) is 17.8 Å². The molecule has 4 bridgehead atoms. The molecule has 4 fully saturated rings. The summed E-state index contributed by atoms with van der Waals surface area (Å²) in [5.74, 6) is 0.228. The number of halogens is 2. The predicted octanol–water partition coefficient (Wildman–Crippen LogP) is 4.11. The van der Waals surface area contributed by atoms with E-state index in [0.717, 1.165) is 25.3 Å². The van der Waals surface area contributed by atoms with Crippen molar-refractivity contribution in [3.05, 3.63) is 34.6 Å². The molecule has 5 rings (SSSR count). The van der Waals surface area contributed by atoms with E-state index in [4.69, 9.17) is 16.3 Å². The molecule has 4 aliphatic carbocycles. The molecule has 0 saturated heterocycles. The Balaban J connectivity index is 1.40. The summed E-state index contributed by atoms with van der Waals surface area (Å²) in [5, 5.41) is 3.37. The number of nitrogens with one attached hydrogen (secondary N) is 1. The standard InChI is InChI=1S/C20H23ClFNO3/c1-11(26-19(25)16-3-2-15(21)7-17(16)22)18(24)23-20-8-12-4-13(9-20)6-14(5-12)10-20/h2-3,7,11-14H,4-6,8-10H2,1H3,(H,23,24)/t11-,12?,13?,14?,20?/m0/s1. The van der Waals surface area contributed by atoms with Crippen molar-refractivity contribution in [3.63, 3.8) is 0 Å². The van der Waals surface area contributed by atoms with E-state index in [1.807, 2.05) is 0 Å². The summed E-state index contributed by atoms with van der Waals surface area (Å²) in [7, 11) is 0. The molecule has 0 spiro atoms. The quantitative estimate of drug-likeness (QED) is 0.801. The summed E-state index contributed by atoms with van der Waals surface area (Å²) in [6.45, 7) is 1.53. The lowest BCUT2D eigenvalue weighted by Gasteiger charge is -2.57. The average molecular weight is 380 g/mol. The van der Waals surface area contributed by atoms with Crippen LogP contribution in [0.2, 0.25) is 5.02 Å². The maximum Gasteiger partial charge on any atom is 0.341 e. The molecular formula is C20H23ClFNO3. The molecule has 1 amide bonds. The summed E-state index contributed by atoms with van der Waals surface area (Å²) in [6.07, 6.45) is 5.97. The van der Waals surface area contributed by atoms with E-state index in [-0.39, 0.29) is 22.0 Å². The minimum absolute atomic E-state index is 0.141. The largest absolute Gasteiger partial charge is 0.449 e. The summed E-state index contributed by atoms with van der Waals surface area (Å²) in [6, 6.07) is 3.74. The first kappa shape index (κ1) is 17.8. The van der Waals surface area contributed by atoms with Gasteiger partial charge in [-0.05, 0) is 81.4 Å². The highest BCUT2D eigenvalue weighted by molar-refractivity contribution is 6.30. The predicted molar refractivity (Wildman–Crippen MR) is 95.3 cm³/mol. The molecule has 1 aromatic carbocycles. The number of carbonyl (C=O) groups is 2. The third kappa shape index (κ3) is 3.34. The van der Waals surface area contributed by atoms with Gasteiger partial charge in [-0.15, -0.1) is 0 Å². The van der Waals surface area contributed by atoms with Crippen molar-refractivity contribution in [2.45, 2.75) is 57.1 Å². The van der Waals surface area contributed by atoms with E-state index in [0.29, 0.717) is 17.8 Å². The maximum atomic E-state index is 13.9. The van der Waals surface area contributed by atoms with Crippen LogP contribution in [0.3, 0.4) is 0 Å². The van der Waals surface area contributed by atoms with E-state index in [1.165, 1.54) is 38.3 Å². The van der Waals surface area contributed by atoms with Crippen molar-refractivity contribution in [3.8, 4) is 0 Å². The number of carbonyl (C=O) groups excluding carboxylic acids is 2. The molecule has 4 aliphatic rings. The van der Waals surface area contributed by atoms with Gasteiger partial charge in [0.25, 0.3) is 5.91 Å². The van der Waals surface area contributed by atoms with Gasteiger partial charge in [-0.2, -0.15) is 0 Å². The normalized spacial score (nSPS) is 33.0. The highest BCUT2D eigenvalue weighted by Gasteiger charge is 2.51. The fourth-order valence-electron chi connectivity index (χ4n) is 5.56. The Hall–Kier alpha value is -1.62. The van der Waals surface area contributed by atoms with E-state index in [9.17, 15) is 14.0 Å². The zero-order chi connectivity index (χ0) is 18.5. The minimum Gasteiger partial charge on any atom is -0.449 e. The van der Waals surface area contributed by atoms with E-state index >= 15 is 0 Å². The van der Waals surface area contributed by atoms with Crippen molar-refractivity contribution in [2.75, 3.05) is 0 Å². The van der Waals surface area contributed by atoms with Gasteiger partial charge in [0.2, 0.25) is 0 Å². The summed E-state index contributed by atoms with van der Waals surface area (Å²) >= 11 is 5.69. The molecule has 26 heavy (non-hydrogen) atoms. The second kappa shape index (κ2) is 6.52. The molecule has 1 atom stereocenters. The van der Waals surface area contributed by atoms with E-state index < -0.39 is 17.9 Å². The first-order chi connectivity index (χ1) is 12.3. The molecule has 0 aliphatic heterocycles. The lowest BCUT2D eigenvalue weighted by molar-refractivity contribution is -0.134. The van der Waals surface area contributed by atoms with E-state index in [1.54, 1.807) is 0 Å². The Morgan fingerprint density at radius 1 is 1.19 bits per heavy atom. The van der Waals surface area contributed by atoms with Crippen LogP contribution in [-0.2, 0) is 9.53 Å². The van der Waals surface area contributed by atoms with Crippen LogP contribution in [0, 0.1) is 23.6 Å². The number of hydrogen-bond donors (Lipinski definition) is 1. The molecule has 0 aromatic heterocycles. The average Bonchev–Trinajstić information content (AvgIpc) is 2.52. The zero-order valence-corrected chi connectivity index (χ0v) is 15.5. The van der Waals surface area contributed by atoms with E-state index in [2.05, 4.69) is 5.32 Å². The monoisotopic (exact) mass is 379 g/mol. The van der Waals surface area contributed by atoms with Crippen LogP contribution >= 0.6 is 11.6 Å². The molecule has 0 unspecified atom stereocenters. The zero-order valence-electron chi connectivity index (χ0n) is 14.8. The summed E-state index contributed by atoms with van der Waals surface area (Å²) in [4.78, 5) is 24.8. The molecule has 0 heterocycles. The summed E-state index contributed by atoms with van der Waals surface area (Å²) < 4.78 is 19.1. The molecular weight excluding hydrogens is 357 g/mol. The number of esters is 1. The number of ether oxygens (including phenoxy) is 1. The molecule has 6 heteroatoms. The van der Waals surface area contributed by atoms with Crippen LogP contribution in [-0.4, -0.2) is 23.5 Å². The van der Waals surface area contributed by atoms with Crippen LogP contribution in [0.5, 0.6) is 0 Å². The van der Waals surface area contributed by atoms with Crippen LogP contribution in [0.4, 0.5) is 4.39 Å². The van der Waals surface area contributed by atoms with Gasteiger partial charge in [-0.3, -0.25) is 4.79 Å².